The minimum Gasteiger partial charge on any atom is -0.480 e. The molecular weight excluding hydrogens is 340 g/mol. The molecule has 2 aliphatic heterocycles. The van der Waals surface area contributed by atoms with Crippen LogP contribution in [-0.4, -0.2) is 52.5 Å². The maximum absolute atomic E-state index is 12.3. The third kappa shape index (κ3) is 3.88. The van der Waals surface area contributed by atoms with Gasteiger partial charge in [-0.3, -0.25) is 14.5 Å². The first-order chi connectivity index (χ1) is 12.8. The molecule has 1 aliphatic carbocycles. The second kappa shape index (κ2) is 6.93. The van der Waals surface area contributed by atoms with Crippen LogP contribution in [0.15, 0.2) is 18.2 Å². The van der Waals surface area contributed by atoms with E-state index < -0.39 is 12.0 Å². The number of aryl methyl sites for hydroxylation is 2. The first kappa shape index (κ1) is 18.5. The summed E-state index contributed by atoms with van der Waals surface area (Å²) in [5.41, 5.74) is 3.68. The lowest BCUT2D eigenvalue weighted by Crippen LogP contribution is -2.44. The van der Waals surface area contributed by atoms with E-state index in [1.807, 2.05) is 4.90 Å². The van der Waals surface area contributed by atoms with E-state index in [0.717, 1.165) is 45.3 Å². The van der Waals surface area contributed by atoms with Crippen LogP contribution in [0.25, 0.3) is 0 Å². The number of piperidine rings is 1. The van der Waals surface area contributed by atoms with Crippen molar-refractivity contribution in [1.82, 2.24) is 9.80 Å². The van der Waals surface area contributed by atoms with Gasteiger partial charge in [-0.15, -0.1) is 0 Å². The van der Waals surface area contributed by atoms with Gasteiger partial charge in [-0.05, 0) is 56.9 Å². The normalized spacial score (nSPS) is 25.1. The van der Waals surface area contributed by atoms with Crippen LogP contribution in [0, 0.1) is 25.2 Å². The molecule has 1 aromatic carbocycles. The Morgan fingerprint density at radius 3 is 2.30 bits per heavy atom. The predicted molar refractivity (Wildman–Crippen MR) is 103 cm³/mol. The van der Waals surface area contributed by atoms with Gasteiger partial charge >= 0.3 is 5.97 Å². The number of rotatable bonds is 4. The van der Waals surface area contributed by atoms with Gasteiger partial charge in [-0.1, -0.05) is 29.3 Å². The number of likely N-dealkylation sites (tertiary alicyclic amines) is 2. The highest BCUT2D eigenvalue weighted by atomic mass is 16.4. The Bertz CT molecular complexity index is 728. The fourth-order valence-electron chi connectivity index (χ4n) is 5.10. The van der Waals surface area contributed by atoms with Crippen LogP contribution in [0.2, 0.25) is 0 Å². The number of nitrogens with zero attached hydrogens (tertiary/aromatic N) is 2. The number of carbonyl (C=O) groups excluding carboxylic acids is 1. The summed E-state index contributed by atoms with van der Waals surface area (Å²) in [5.74, 6) is -0.118. The number of carboxylic acid groups (broad SMARTS) is 1. The number of carbonyl (C=O) groups is 2. The average molecular weight is 370 g/mol. The van der Waals surface area contributed by atoms with Crippen molar-refractivity contribution >= 4 is 11.9 Å². The Labute approximate surface area is 161 Å². The average Bonchev–Trinajstić information content (AvgIpc) is 3.38. The SMILES string of the molecule is Cc1cc(C)cc(CN2CC3(CCN(C(=O)C4CC4)CC3)CC2C(=O)O)c1. The van der Waals surface area contributed by atoms with E-state index in [-0.39, 0.29) is 11.3 Å². The lowest BCUT2D eigenvalue weighted by molar-refractivity contribution is -0.142. The largest absolute Gasteiger partial charge is 0.480 e. The third-order valence-corrected chi connectivity index (χ3v) is 6.62. The van der Waals surface area contributed by atoms with Crippen LogP contribution in [0.1, 0.15) is 48.8 Å². The van der Waals surface area contributed by atoms with E-state index >= 15 is 0 Å². The third-order valence-electron chi connectivity index (χ3n) is 6.62. The van der Waals surface area contributed by atoms with Crippen molar-refractivity contribution in [3.8, 4) is 0 Å². The van der Waals surface area contributed by atoms with Crippen LogP contribution in [-0.2, 0) is 16.1 Å². The van der Waals surface area contributed by atoms with Crippen LogP contribution >= 0.6 is 0 Å². The Hall–Kier alpha value is -1.88. The molecule has 0 aromatic heterocycles. The van der Waals surface area contributed by atoms with Gasteiger partial charge in [0.1, 0.15) is 6.04 Å². The van der Waals surface area contributed by atoms with Gasteiger partial charge in [-0.25, -0.2) is 0 Å². The number of hydrogen-bond acceptors (Lipinski definition) is 3. The van der Waals surface area contributed by atoms with Gasteiger partial charge in [-0.2, -0.15) is 0 Å². The second-order valence-electron chi connectivity index (χ2n) is 9.06. The molecule has 1 unspecified atom stereocenters. The van der Waals surface area contributed by atoms with E-state index in [0.29, 0.717) is 18.9 Å². The monoisotopic (exact) mass is 370 g/mol. The van der Waals surface area contributed by atoms with Crippen LogP contribution < -0.4 is 0 Å². The van der Waals surface area contributed by atoms with Gasteiger partial charge in [0, 0.05) is 32.1 Å². The molecule has 3 aliphatic rings. The lowest BCUT2D eigenvalue weighted by Gasteiger charge is -2.39. The lowest BCUT2D eigenvalue weighted by atomic mass is 9.76. The maximum Gasteiger partial charge on any atom is 0.320 e. The molecular formula is C22H30N2O3. The molecule has 4 rings (SSSR count). The quantitative estimate of drug-likeness (QED) is 0.885. The predicted octanol–water partition coefficient (Wildman–Crippen LogP) is 2.98. The molecule has 1 N–H and O–H groups in total. The van der Waals surface area contributed by atoms with Crippen LogP contribution in [0.5, 0.6) is 0 Å². The van der Waals surface area contributed by atoms with Crippen molar-refractivity contribution in [2.75, 3.05) is 19.6 Å². The van der Waals surface area contributed by atoms with Gasteiger partial charge < -0.3 is 10.0 Å². The van der Waals surface area contributed by atoms with E-state index in [4.69, 9.17) is 0 Å². The molecule has 5 nitrogen and oxygen atoms in total. The van der Waals surface area contributed by atoms with Crippen molar-refractivity contribution in [3.63, 3.8) is 0 Å². The van der Waals surface area contributed by atoms with Crippen molar-refractivity contribution in [3.05, 3.63) is 34.9 Å². The van der Waals surface area contributed by atoms with Gasteiger partial charge in [0.05, 0.1) is 0 Å². The molecule has 1 amide bonds. The summed E-state index contributed by atoms with van der Waals surface area (Å²) in [5, 5.41) is 9.80. The molecule has 2 heterocycles. The summed E-state index contributed by atoms with van der Waals surface area (Å²) in [4.78, 5) is 28.4. The van der Waals surface area contributed by atoms with Crippen molar-refractivity contribution in [2.24, 2.45) is 11.3 Å². The summed E-state index contributed by atoms with van der Waals surface area (Å²) in [6.07, 6.45) is 4.66. The summed E-state index contributed by atoms with van der Waals surface area (Å²) < 4.78 is 0. The molecule has 0 bridgehead atoms. The zero-order chi connectivity index (χ0) is 19.2. The van der Waals surface area contributed by atoms with E-state index in [9.17, 15) is 14.7 Å². The molecule has 27 heavy (non-hydrogen) atoms. The summed E-state index contributed by atoms with van der Waals surface area (Å²) >= 11 is 0. The Balaban J connectivity index is 1.45. The minimum atomic E-state index is -0.715. The van der Waals surface area contributed by atoms with Gasteiger partial charge in [0.15, 0.2) is 0 Å². The van der Waals surface area contributed by atoms with E-state index in [1.54, 1.807) is 0 Å². The van der Waals surface area contributed by atoms with E-state index in [1.165, 1.54) is 16.7 Å². The van der Waals surface area contributed by atoms with Gasteiger partial charge in [0.25, 0.3) is 0 Å². The first-order valence-electron chi connectivity index (χ1n) is 10.2. The van der Waals surface area contributed by atoms with Gasteiger partial charge in [0.2, 0.25) is 5.91 Å². The second-order valence-corrected chi connectivity index (χ2v) is 9.06. The highest BCUT2D eigenvalue weighted by Crippen LogP contribution is 2.45. The Kier molecular flexibility index (Phi) is 4.75. The standard InChI is InChI=1S/C22H30N2O3/c1-15-9-16(2)11-17(10-15)13-24-14-22(12-19(24)21(26)27)5-7-23(8-6-22)20(25)18-3-4-18/h9-11,18-19H,3-8,12-14H2,1-2H3,(H,26,27). The van der Waals surface area contributed by atoms with Crippen molar-refractivity contribution in [1.29, 1.82) is 0 Å². The Morgan fingerprint density at radius 1 is 1.11 bits per heavy atom. The number of hydrogen-bond donors (Lipinski definition) is 1. The summed E-state index contributed by atoms with van der Waals surface area (Å²) in [6.45, 7) is 7.26. The fraction of sp³-hybridized carbons (Fsp3) is 0.636. The summed E-state index contributed by atoms with van der Waals surface area (Å²) in [7, 11) is 0. The molecule has 1 saturated carbocycles. The first-order valence-corrected chi connectivity index (χ1v) is 10.2. The highest BCUT2D eigenvalue weighted by molar-refractivity contribution is 5.81. The molecule has 146 valence electrons. The number of benzene rings is 1. The molecule has 1 atom stereocenters. The number of amides is 1. The summed E-state index contributed by atoms with van der Waals surface area (Å²) in [6, 6.07) is 6.05. The fourth-order valence-corrected chi connectivity index (χ4v) is 5.10. The highest BCUT2D eigenvalue weighted by Gasteiger charge is 2.49. The van der Waals surface area contributed by atoms with Crippen molar-refractivity contribution in [2.45, 2.75) is 58.5 Å². The number of carboxylic acids is 1. The molecule has 1 aromatic rings. The zero-order valence-electron chi connectivity index (χ0n) is 16.4. The molecule has 2 saturated heterocycles. The molecule has 1 spiro atoms. The minimum absolute atomic E-state index is 0.0439. The smallest absolute Gasteiger partial charge is 0.320 e. The van der Waals surface area contributed by atoms with Crippen LogP contribution in [0.3, 0.4) is 0 Å². The Morgan fingerprint density at radius 2 is 1.74 bits per heavy atom. The van der Waals surface area contributed by atoms with Crippen molar-refractivity contribution < 1.29 is 14.7 Å². The zero-order valence-corrected chi connectivity index (χ0v) is 16.4. The molecule has 3 fully saturated rings. The van der Waals surface area contributed by atoms with E-state index in [2.05, 4.69) is 36.9 Å². The molecule has 0 radical (unpaired) electrons. The number of aliphatic carboxylic acids is 1. The maximum atomic E-state index is 12.3. The topological polar surface area (TPSA) is 60.9 Å². The molecule has 5 heteroatoms. The van der Waals surface area contributed by atoms with Crippen LogP contribution in [0.4, 0.5) is 0 Å².